The second-order valence-electron chi connectivity index (χ2n) is 10.2. The van der Waals surface area contributed by atoms with Gasteiger partial charge in [-0.25, -0.2) is 4.79 Å². The third-order valence-electron chi connectivity index (χ3n) is 5.59. The molecule has 0 radical (unpaired) electrons. The molecule has 1 heterocycles. The molecule has 5 nitrogen and oxygen atoms in total. The Labute approximate surface area is 177 Å². The lowest BCUT2D eigenvalue weighted by molar-refractivity contribution is 0.0218. The highest BCUT2D eigenvalue weighted by Gasteiger charge is 2.43. The molecule has 29 heavy (non-hydrogen) atoms. The maximum atomic E-state index is 12.9. The monoisotopic (exact) mass is 419 g/mol. The predicted octanol–water partition coefficient (Wildman–Crippen LogP) is 5.76. The van der Waals surface area contributed by atoms with Gasteiger partial charge in [0.25, 0.3) is 0 Å². The van der Waals surface area contributed by atoms with E-state index in [1.807, 2.05) is 51.1 Å². The van der Waals surface area contributed by atoms with Crippen LogP contribution in [0.5, 0.6) is 5.75 Å². The molecule has 1 atom stereocenters. The van der Waals surface area contributed by atoms with E-state index in [4.69, 9.17) is 13.9 Å². The Morgan fingerprint density at radius 2 is 1.69 bits per heavy atom. The Balaban J connectivity index is 2.28. The second kappa shape index (κ2) is 8.42. The first-order valence-electron chi connectivity index (χ1n) is 10.2. The lowest BCUT2D eigenvalue weighted by Gasteiger charge is -2.39. The van der Waals surface area contributed by atoms with Gasteiger partial charge in [-0.3, -0.25) is 4.90 Å². The van der Waals surface area contributed by atoms with Gasteiger partial charge >= 0.3 is 6.09 Å². The van der Waals surface area contributed by atoms with Crippen molar-refractivity contribution in [3.8, 4) is 5.75 Å². The third kappa shape index (κ3) is 6.01. The highest BCUT2D eigenvalue weighted by molar-refractivity contribution is 6.74. The van der Waals surface area contributed by atoms with Crippen molar-refractivity contribution >= 4 is 14.4 Å². The SMILES string of the molecule is COc1ccc(C[C@@H]2C(O[Si](C)(C)C(C)(C)C)=CCN2C(=O)OC(C)(C)C)cc1. The summed E-state index contributed by atoms with van der Waals surface area (Å²) >= 11 is 0. The van der Waals surface area contributed by atoms with Gasteiger partial charge in [0.05, 0.1) is 13.2 Å². The average molecular weight is 420 g/mol. The predicted molar refractivity (Wildman–Crippen MR) is 120 cm³/mol. The van der Waals surface area contributed by atoms with E-state index >= 15 is 0 Å². The van der Waals surface area contributed by atoms with Gasteiger partial charge in [0.15, 0.2) is 0 Å². The van der Waals surface area contributed by atoms with Gasteiger partial charge in [0.1, 0.15) is 17.1 Å². The molecule has 1 aliphatic heterocycles. The summed E-state index contributed by atoms with van der Waals surface area (Å²) in [5.74, 6) is 1.70. The van der Waals surface area contributed by atoms with Crippen molar-refractivity contribution in [2.24, 2.45) is 0 Å². The summed E-state index contributed by atoms with van der Waals surface area (Å²) in [7, 11) is -0.365. The molecule has 1 aromatic rings. The fraction of sp³-hybridized carbons (Fsp3) is 0.609. The van der Waals surface area contributed by atoms with Crippen LogP contribution in [-0.4, -0.2) is 44.6 Å². The highest BCUT2D eigenvalue weighted by atomic mass is 28.4. The third-order valence-corrected chi connectivity index (χ3v) is 9.95. The summed E-state index contributed by atoms with van der Waals surface area (Å²) in [5.41, 5.74) is 0.584. The summed E-state index contributed by atoms with van der Waals surface area (Å²) in [6.07, 6.45) is 2.41. The summed E-state index contributed by atoms with van der Waals surface area (Å²) < 4.78 is 17.6. The van der Waals surface area contributed by atoms with E-state index in [-0.39, 0.29) is 17.2 Å². The molecule has 1 aliphatic rings. The molecule has 0 saturated carbocycles. The molecule has 0 aromatic heterocycles. The minimum Gasteiger partial charge on any atom is -0.545 e. The quantitative estimate of drug-likeness (QED) is 0.569. The molecular weight excluding hydrogens is 382 g/mol. The molecule has 0 aliphatic carbocycles. The zero-order valence-corrected chi connectivity index (χ0v) is 20.5. The van der Waals surface area contributed by atoms with Gasteiger partial charge in [-0.15, -0.1) is 0 Å². The van der Waals surface area contributed by atoms with E-state index in [9.17, 15) is 4.79 Å². The molecular formula is C23H37NO4Si. The molecule has 1 amide bonds. The van der Waals surface area contributed by atoms with Crippen LogP contribution in [0, 0.1) is 0 Å². The summed E-state index contributed by atoms with van der Waals surface area (Å²) in [6.45, 7) is 17.3. The molecule has 6 heteroatoms. The summed E-state index contributed by atoms with van der Waals surface area (Å²) in [4.78, 5) is 14.7. The topological polar surface area (TPSA) is 48.0 Å². The molecule has 0 fully saturated rings. The van der Waals surface area contributed by atoms with Gasteiger partial charge in [0, 0.05) is 13.0 Å². The maximum Gasteiger partial charge on any atom is 0.411 e. The van der Waals surface area contributed by atoms with Crippen LogP contribution >= 0.6 is 0 Å². The highest BCUT2D eigenvalue weighted by Crippen LogP contribution is 2.40. The van der Waals surface area contributed by atoms with E-state index < -0.39 is 13.9 Å². The first-order valence-corrected chi connectivity index (χ1v) is 13.2. The molecule has 0 N–H and O–H groups in total. The largest absolute Gasteiger partial charge is 0.545 e. The normalized spacial score (nSPS) is 17.8. The van der Waals surface area contributed by atoms with Crippen molar-refractivity contribution in [1.82, 2.24) is 4.90 Å². The number of carbonyl (C=O) groups is 1. The van der Waals surface area contributed by atoms with Gasteiger partial charge < -0.3 is 13.9 Å². The zero-order chi connectivity index (χ0) is 22.0. The van der Waals surface area contributed by atoms with Crippen molar-refractivity contribution in [2.45, 2.75) is 77.7 Å². The number of carbonyl (C=O) groups excluding carboxylic acids is 1. The van der Waals surface area contributed by atoms with Crippen LogP contribution in [0.4, 0.5) is 4.79 Å². The lowest BCUT2D eigenvalue weighted by atomic mass is 10.0. The average Bonchev–Trinajstić information content (AvgIpc) is 2.95. The van der Waals surface area contributed by atoms with Gasteiger partial charge in [-0.2, -0.15) is 0 Å². The summed E-state index contributed by atoms with van der Waals surface area (Å²) in [6, 6.07) is 7.79. The van der Waals surface area contributed by atoms with Gasteiger partial charge in [0.2, 0.25) is 8.32 Å². The number of amides is 1. The van der Waals surface area contributed by atoms with Crippen LogP contribution in [0.1, 0.15) is 47.1 Å². The number of ether oxygens (including phenoxy) is 2. The van der Waals surface area contributed by atoms with Crippen LogP contribution in [0.3, 0.4) is 0 Å². The molecule has 0 spiro atoms. The fourth-order valence-corrected chi connectivity index (χ4v) is 4.00. The second-order valence-corrected chi connectivity index (χ2v) is 14.9. The Morgan fingerprint density at radius 1 is 1.10 bits per heavy atom. The standard InChI is InChI=1S/C23H37NO4Si/c1-22(2,3)27-21(25)24-15-14-20(28-29(8,9)23(4,5)6)19(24)16-17-10-12-18(26-7)13-11-17/h10-14,19H,15-16H2,1-9H3/t19-/m1/s1. The van der Waals surface area contributed by atoms with Crippen LogP contribution in [0.15, 0.2) is 36.1 Å². The van der Waals surface area contributed by atoms with Crippen molar-refractivity contribution in [3.63, 3.8) is 0 Å². The van der Waals surface area contributed by atoms with Crippen LogP contribution in [0.25, 0.3) is 0 Å². The molecule has 0 unspecified atom stereocenters. The Hall–Kier alpha value is -1.95. The van der Waals surface area contributed by atoms with Gasteiger partial charge in [-0.1, -0.05) is 32.9 Å². The zero-order valence-electron chi connectivity index (χ0n) is 19.5. The molecule has 0 saturated heterocycles. The van der Waals surface area contributed by atoms with E-state index in [0.717, 1.165) is 17.1 Å². The lowest BCUT2D eigenvalue weighted by Crippen LogP contribution is -2.46. The smallest absolute Gasteiger partial charge is 0.411 e. The van der Waals surface area contributed by atoms with Crippen LogP contribution in [0.2, 0.25) is 18.1 Å². The van der Waals surface area contributed by atoms with Crippen molar-refractivity contribution < 1.29 is 18.7 Å². The van der Waals surface area contributed by atoms with Crippen molar-refractivity contribution in [1.29, 1.82) is 0 Å². The number of nitrogens with zero attached hydrogens (tertiary/aromatic N) is 1. The van der Waals surface area contributed by atoms with Crippen LogP contribution < -0.4 is 4.74 Å². The molecule has 0 bridgehead atoms. The van der Waals surface area contributed by atoms with Crippen molar-refractivity contribution in [3.05, 3.63) is 41.7 Å². The maximum absolute atomic E-state index is 12.9. The minimum atomic E-state index is -2.02. The van der Waals surface area contributed by atoms with E-state index in [0.29, 0.717) is 13.0 Å². The molecule has 162 valence electrons. The number of hydrogen-bond donors (Lipinski definition) is 0. The van der Waals surface area contributed by atoms with Crippen LogP contribution in [-0.2, 0) is 15.6 Å². The minimum absolute atomic E-state index is 0.0812. The number of methoxy groups -OCH3 is 1. The van der Waals surface area contributed by atoms with Crippen molar-refractivity contribution in [2.75, 3.05) is 13.7 Å². The Morgan fingerprint density at radius 3 is 2.17 bits per heavy atom. The molecule has 2 rings (SSSR count). The van der Waals surface area contributed by atoms with E-state index in [1.54, 1.807) is 12.0 Å². The first kappa shape index (κ1) is 23.3. The number of hydrogen-bond acceptors (Lipinski definition) is 4. The first-order chi connectivity index (χ1) is 13.2. The Kier molecular flexibility index (Phi) is 6.77. The van der Waals surface area contributed by atoms with Gasteiger partial charge in [-0.05, 0) is 62.7 Å². The van der Waals surface area contributed by atoms with E-state index in [2.05, 4.69) is 33.9 Å². The number of rotatable bonds is 5. The Bertz CT molecular complexity index is 742. The van der Waals surface area contributed by atoms with E-state index in [1.165, 1.54) is 0 Å². The number of benzene rings is 1. The fourth-order valence-electron chi connectivity index (χ4n) is 2.88. The molecule has 1 aromatic carbocycles. The summed E-state index contributed by atoms with van der Waals surface area (Å²) in [5, 5.41) is 0.0812.